The smallest absolute Gasteiger partial charge is 0.196 e. The van der Waals surface area contributed by atoms with Crippen molar-refractivity contribution in [2.45, 2.75) is 41.7 Å². The first-order valence-electron chi connectivity index (χ1n) is 10.2. The quantitative estimate of drug-likeness (QED) is 0.767. The summed E-state index contributed by atoms with van der Waals surface area (Å²) in [6, 6.07) is 3.48. The molecule has 30 heavy (non-hydrogen) atoms. The number of hydrogen-bond acceptors (Lipinski definition) is 7. The van der Waals surface area contributed by atoms with E-state index in [1.54, 1.807) is 0 Å². The summed E-state index contributed by atoms with van der Waals surface area (Å²) >= 11 is 1.21. The van der Waals surface area contributed by atoms with Crippen LogP contribution in [0.3, 0.4) is 0 Å². The maximum atomic E-state index is 15.3. The van der Waals surface area contributed by atoms with Crippen molar-refractivity contribution < 1.29 is 14.2 Å². The van der Waals surface area contributed by atoms with Gasteiger partial charge in [0.05, 0.1) is 34.7 Å². The fourth-order valence-electron chi connectivity index (χ4n) is 4.70. The number of rotatable bonds is 4. The molecule has 2 fully saturated rings. The van der Waals surface area contributed by atoms with Gasteiger partial charge in [-0.3, -0.25) is 4.79 Å². The second-order valence-corrected chi connectivity index (χ2v) is 9.36. The number of nitrogens with zero attached hydrogens (tertiary/aromatic N) is 3. The van der Waals surface area contributed by atoms with E-state index in [4.69, 9.17) is 10.5 Å². The van der Waals surface area contributed by atoms with Gasteiger partial charge in [-0.2, -0.15) is 5.26 Å². The van der Waals surface area contributed by atoms with E-state index in [0.717, 1.165) is 19.3 Å². The molecule has 3 N–H and O–H groups in total. The molecule has 2 unspecified atom stereocenters. The number of anilines is 1. The molecule has 1 saturated heterocycles. The Bertz CT molecular complexity index is 1140. The third-order valence-corrected chi connectivity index (χ3v) is 7.62. The second-order valence-electron chi connectivity index (χ2n) is 8.23. The van der Waals surface area contributed by atoms with E-state index in [9.17, 15) is 15.2 Å². The molecule has 0 radical (unpaired) electrons. The van der Waals surface area contributed by atoms with Gasteiger partial charge in [-0.15, -0.1) is 0 Å². The van der Waals surface area contributed by atoms with Crippen molar-refractivity contribution in [2.24, 2.45) is 11.7 Å². The van der Waals surface area contributed by atoms with Gasteiger partial charge in [0, 0.05) is 19.1 Å². The van der Waals surface area contributed by atoms with Crippen molar-refractivity contribution in [1.82, 2.24) is 4.57 Å². The average Bonchev–Trinajstić information content (AvgIpc) is 3.37. The van der Waals surface area contributed by atoms with Crippen LogP contribution in [0.1, 0.15) is 37.0 Å². The SMILES string of the molecule is COc1c(N2CCC(CN)C2)c(F)cc2c(=O)c3c(n(C4CC4)c12)S[C@@H](C#N)C3O. The van der Waals surface area contributed by atoms with Crippen LogP contribution in [0.4, 0.5) is 10.1 Å². The summed E-state index contributed by atoms with van der Waals surface area (Å²) in [5.74, 6) is 0.107. The standard InChI is InChI=1S/C21H23FN4O3S/c1-29-20-16-12(6-13(22)17(20)25-5-4-10(7-23)9-25)18(27)15-19(28)14(8-24)30-21(15)26(16)11-2-3-11/h6,10-11,14,19,28H,2-5,7,9,23H2,1H3/t10?,14-,19?/m0/s1. The molecule has 0 spiro atoms. The van der Waals surface area contributed by atoms with Crippen molar-refractivity contribution >= 4 is 28.4 Å². The van der Waals surface area contributed by atoms with Gasteiger partial charge in [0.2, 0.25) is 0 Å². The van der Waals surface area contributed by atoms with Gasteiger partial charge in [-0.25, -0.2) is 4.39 Å². The van der Waals surface area contributed by atoms with Crippen LogP contribution in [0.5, 0.6) is 5.75 Å². The molecular weight excluding hydrogens is 407 g/mol. The lowest BCUT2D eigenvalue weighted by Gasteiger charge is -2.25. The highest BCUT2D eigenvalue weighted by atomic mass is 32.2. The van der Waals surface area contributed by atoms with Crippen LogP contribution in [0.2, 0.25) is 0 Å². The molecule has 3 aliphatic rings. The predicted octanol–water partition coefficient (Wildman–Crippen LogP) is 2.30. The number of nitrogens with two attached hydrogens (primary N) is 1. The second kappa shape index (κ2) is 7.15. The van der Waals surface area contributed by atoms with Crippen molar-refractivity contribution in [3.05, 3.63) is 27.7 Å². The van der Waals surface area contributed by atoms with Crippen LogP contribution < -0.4 is 20.8 Å². The molecule has 2 aliphatic heterocycles. The number of halogens is 1. The van der Waals surface area contributed by atoms with Gasteiger partial charge in [0.1, 0.15) is 17.0 Å². The van der Waals surface area contributed by atoms with Gasteiger partial charge in [-0.1, -0.05) is 11.8 Å². The van der Waals surface area contributed by atoms with Crippen LogP contribution in [-0.4, -0.2) is 41.7 Å². The largest absolute Gasteiger partial charge is 0.492 e. The lowest BCUT2D eigenvalue weighted by atomic mass is 10.0. The molecule has 3 heterocycles. The fraction of sp³-hybridized carbons (Fsp3) is 0.524. The number of nitriles is 1. The molecule has 3 atom stereocenters. The van der Waals surface area contributed by atoms with Gasteiger partial charge < -0.3 is 25.0 Å². The Morgan fingerprint density at radius 2 is 2.20 bits per heavy atom. The van der Waals surface area contributed by atoms with E-state index >= 15 is 4.39 Å². The van der Waals surface area contributed by atoms with E-state index in [2.05, 4.69) is 6.07 Å². The van der Waals surface area contributed by atoms with E-state index in [-0.39, 0.29) is 22.9 Å². The van der Waals surface area contributed by atoms with Crippen molar-refractivity contribution in [3.8, 4) is 11.8 Å². The van der Waals surface area contributed by atoms with E-state index in [0.29, 0.717) is 41.6 Å². The number of aliphatic hydroxyl groups is 1. The summed E-state index contributed by atoms with van der Waals surface area (Å²) in [6.45, 7) is 1.85. The summed E-state index contributed by atoms with van der Waals surface area (Å²) < 4.78 is 23.1. The lowest BCUT2D eigenvalue weighted by Crippen LogP contribution is -2.25. The number of methoxy groups -OCH3 is 1. The maximum Gasteiger partial charge on any atom is 0.196 e. The minimum atomic E-state index is -1.19. The van der Waals surface area contributed by atoms with E-state index in [1.165, 1.54) is 24.9 Å². The van der Waals surface area contributed by atoms with Crippen molar-refractivity contribution in [2.75, 3.05) is 31.6 Å². The normalized spacial score (nSPS) is 25.6. The molecular formula is C21H23FN4O3S. The van der Waals surface area contributed by atoms with Crippen molar-refractivity contribution in [1.29, 1.82) is 5.26 Å². The Morgan fingerprint density at radius 1 is 1.43 bits per heavy atom. The van der Waals surface area contributed by atoms with Crippen LogP contribution in [0, 0.1) is 23.1 Å². The Kier molecular flexibility index (Phi) is 4.69. The molecule has 0 amide bonds. The minimum Gasteiger partial charge on any atom is -0.492 e. The lowest BCUT2D eigenvalue weighted by molar-refractivity contribution is 0.188. The third kappa shape index (κ3) is 2.74. The van der Waals surface area contributed by atoms with Gasteiger partial charge in [0.15, 0.2) is 17.0 Å². The topological polar surface area (TPSA) is 105 Å². The Hall–Kier alpha value is -2.28. The number of hydrogen-bond donors (Lipinski definition) is 2. The Balaban J connectivity index is 1.82. The first kappa shape index (κ1) is 19.7. The highest BCUT2D eigenvalue weighted by molar-refractivity contribution is 8.00. The summed E-state index contributed by atoms with van der Waals surface area (Å²) in [6.07, 6.45) is 1.54. The molecule has 5 rings (SSSR count). The third-order valence-electron chi connectivity index (χ3n) is 6.36. The molecule has 2 aromatic rings. The van der Waals surface area contributed by atoms with Crippen molar-refractivity contribution in [3.63, 3.8) is 0 Å². The molecule has 1 aromatic carbocycles. The highest BCUT2D eigenvalue weighted by Crippen LogP contribution is 2.51. The molecule has 7 nitrogen and oxygen atoms in total. The number of pyridine rings is 1. The van der Waals surface area contributed by atoms with Gasteiger partial charge in [0.25, 0.3) is 0 Å². The molecule has 1 saturated carbocycles. The van der Waals surface area contributed by atoms with Crippen LogP contribution in [0.15, 0.2) is 15.9 Å². The molecule has 9 heteroatoms. The summed E-state index contributed by atoms with van der Waals surface area (Å²) in [5, 5.41) is 20.0. The summed E-state index contributed by atoms with van der Waals surface area (Å²) in [5.41, 5.74) is 6.49. The summed E-state index contributed by atoms with van der Waals surface area (Å²) in [7, 11) is 1.49. The molecule has 158 valence electrons. The van der Waals surface area contributed by atoms with Crippen LogP contribution in [0.25, 0.3) is 10.9 Å². The zero-order valence-corrected chi connectivity index (χ0v) is 17.4. The van der Waals surface area contributed by atoms with E-state index in [1.807, 2.05) is 9.47 Å². The number of ether oxygens (including phenoxy) is 1. The predicted molar refractivity (Wildman–Crippen MR) is 113 cm³/mol. The molecule has 0 bridgehead atoms. The average molecular weight is 431 g/mol. The number of thioether (sulfide) groups is 1. The van der Waals surface area contributed by atoms with Crippen LogP contribution >= 0.6 is 11.8 Å². The number of aliphatic hydroxyl groups excluding tert-OH is 1. The number of aromatic nitrogens is 1. The molecule has 1 aromatic heterocycles. The maximum absolute atomic E-state index is 15.3. The Morgan fingerprint density at radius 3 is 2.80 bits per heavy atom. The first-order chi connectivity index (χ1) is 14.5. The zero-order chi connectivity index (χ0) is 21.2. The molecule has 1 aliphatic carbocycles. The van der Waals surface area contributed by atoms with Crippen LogP contribution in [-0.2, 0) is 0 Å². The number of benzene rings is 1. The Labute approximate surface area is 177 Å². The summed E-state index contributed by atoms with van der Waals surface area (Å²) in [4.78, 5) is 15.2. The highest BCUT2D eigenvalue weighted by Gasteiger charge is 2.42. The number of fused-ring (bicyclic) bond motifs is 2. The van der Waals surface area contributed by atoms with Gasteiger partial charge >= 0.3 is 0 Å². The van der Waals surface area contributed by atoms with Gasteiger partial charge in [-0.05, 0) is 37.8 Å². The fourth-order valence-corrected chi connectivity index (χ4v) is 5.96. The minimum absolute atomic E-state index is 0.140. The zero-order valence-electron chi connectivity index (χ0n) is 16.6. The first-order valence-corrected chi connectivity index (χ1v) is 11.1. The monoisotopic (exact) mass is 430 g/mol. The van der Waals surface area contributed by atoms with E-state index < -0.39 is 22.6 Å².